The number of carbonyl (C=O) groups excluding carboxylic acids is 1. The summed E-state index contributed by atoms with van der Waals surface area (Å²) in [4.78, 5) is 12.2. The summed E-state index contributed by atoms with van der Waals surface area (Å²) in [5.74, 6) is -0.530. The molecule has 0 aliphatic rings. The smallest absolute Gasteiger partial charge is 0.251 e. The van der Waals surface area contributed by atoms with Crippen molar-refractivity contribution in [2.75, 3.05) is 18.5 Å². The van der Waals surface area contributed by atoms with Crippen molar-refractivity contribution in [3.8, 4) is 0 Å². The van der Waals surface area contributed by atoms with Crippen molar-refractivity contribution in [3.63, 3.8) is 0 Å². The maximum Gasteiger partial charge on any atom is 0.251 e. The maximum absolute atomic E-state index is 14.2. The third kappa shape index (κ3) is 4.67. The Balaban J connectivity index is 2.29. The lowest BCUT2D eigenvalue weighted by atomic mass is 10.0. The Morgan fingerprint density at radius 3 is 2.72 bits per heavy atom. The van der Waals surface area contributed by atoms with Crippen LogP contribution in [0, 0.1) is 12.7 Å². The SMILES string of the molecule is C=CCC(Nc1cccc(C(=O)NCCO)c1C)c1ccccc1F. The zero-order valence-corrected chi connectivity index (χ0v) is 14.3. The number of aliphatic hydroxyl groups is 1. The van der Waals surface area contributed by atoms with Crippen LogP contribution in [0.1, 0.15) is 33.9 Å². The summed E-state index contributed by atoms with van der Waals surface area (Å²) < 4.78 is 14.2. The number of benzene rings is 2. The molecule has 0 bridgehead atoms. The van der Waals surface area contributed by atoms with Crippen LogP contribution in [0.25, 0.3) is 0 Å². The number of anilines is 1. The van der Waals surface area contributed by atoms with Gasteiger partial charge in [-0.05, 0) is 37.1 Å². The molecule has 2 aromatic rings. The predicted molar refractivity (Wildman–Crippen MR) is 98.2 cm³/mol. The average molecular weight is 342 g/mol. The van der Waals surface area contributed by atoms with E-state index in [9.17, 15) is 9.18 Å². The number of hydrogen-bond acceptors (Lipinski definition) is 3. The van der Waals surface area contributed by atoms with E-state index in [-0.39, 0.29) is 30.9 Å². The summed E-state index contributed by atoms with van der Waals surface area (Å²) >= 11 is 0. The zero-order valence-electron chi connectivity index (χ0n) is 14.3. The molecule has 1 unspecified atom stereocenters. The van der Waals surface area contributed by atoms with Crippen LogP contribution in [0.5, 0.6) is 0 Å². The molecule has 25 heavy (non-hydrogen) atoms. The molecule has 3 N–H and O–H groups in total. The molecule has 4 nitrogen and oxygen atoms in total. The summed E-state index contributed by atoms with van der Waals surface area (Å²) in [6.07, 6.45) is 2.28. The van der Waals surface area contributed by atoms with Crippen LogP contribution in [0.15, 0.2) is 55.1 Å². The summed E-state index contributed by atoms with van der Waals surface area (Å²) in [5.41, 5.74) is 2.59. The number of hydrogen-bond donors (Lipinski definition) is 3. The molecule has 1 atom stereocenters. The van der Waals surface area contributed by atoms with E-state index in [1.165, 1.54) is 6.07 Å². The van der Waals surface area contributed by atoms with Gasteiger partial charge in [0.15, 0.2) is 0 Å². The van der Waals surface area contributed by atoms with Crippen LogP contribution in [0.4, 0.5) is 10.1 Å². The van der Waals surface area contributed by atoms with Gasteiger partial charge in [-0.15, -0.1) is 6.58 Å². The standard InChI is InChI=1S/C20H23FN2O2/c1-3-7-19(16-8-4-5-10-17(16)21)23-18-11-6-9-15(14(18)2)20(25)22-12-13-24/h3-6,8-11,19,23-24H,1,7,12-13H2,2H3,(H,22,25). The van der Waals surface area contributed by atoms with Crippen molar-refractivity contribution < 1.29 is 14.3 Å². The molecule has 0 fully saturated rings. The van der Waals surface area contributed by atoms with Crippen molar-refractivity contribution >= 4 is 11.6 Å². The highest BCUT2D eigenvalue weighted by Crippen LogP contribution is 2.28. The summed E-state index contributed by atoms with van der Waals surface area (Å²) in [5, 5.41) is 14.8. The molecule has 2 aromatic carbocycles. The van der Waals surface area contributed by atoms with Gasteiger partial charge in [0.2, 0.25) is 0 Å². The van der Waals surface area contributed by atoms with E-state index in [0.717, 1.165) is 11.3 Å². The first kappa shape index (κ1) is 18.7. The summed E-state index contributed by atoms with van der Waals surface area (Å²) in [6.45, 7) is 5.67. The van der Waals surface area contributed by atoms with Gasteiger partial charge in [-0.1, -0.05) is 30.3 Å². The van der Waals surface area contributed by atoms with Gasteiger partial charge in [-0.2, -0.15) is 0 Å². The van der Waals surface area contributed by atoms with Gasteiger partial charge < -0.3 is 15.7 Å². The number of rotatable bonds is 8. The van der Waals surface area contributed by atoms with Crippen LogP contribution in [-0.4, -0.2) is 24.2 Å². The van der Waals surface area contributed by atoms with Crippen molar-refractivity contribution in [2.45, 2.75) is 19.4 Å². The molecular weight excluding hydrogens is 319 g/mol. The number of aliphatic hydroxyl groups excluding tert-OH is 1. The molecule has 0 aromatic heterocycles. The van der Waals surface area contributed by atoms with Crippen LogP contribution < -0.4 is 10.6 Å². The van der Waals surface area contributed by atoms with Crippen LogP contribution in [0.2, 0.25) is 0 Å². The highest BCUT2D eigenvalue weighted by atomic mass is 19.1. The lowest BCUT2D eigenvalue weighted by Crippen LogP contribution is -2.27. The van der Waals surface area contributed by atoms with E-state index in [2.05, 4.69) is 17.2 Å². The highest BCUT2D eigenvalue weighted by Gasteiger charge is 2.17. The molecule has 132 valence electrons. The first-order valence-corrected chi connectivity index (χ1v) is 8.19. The molecular formula is C20H23FN2O2. The fourth-order valence-electron chi connectivity index (χ4n) is 2.68. The topological polar surface area (TPSA) is 61.4 Å². The molecule has 2 rings (SSSR count). The molecule has 0 saturated heterocycles. The minimum atomic E-state index is -0.284. The molecule has 0 radical (unpaired) electrons. The van der Waals surface area contributed by atoms with Crippen molar-refractivity contribution in [1.29, 1.82) is 0 Å². The first-order valence-electron chi connectivity index (χ1n) is 8.19. The largest absolute Gasteiger partial charge is 0.395 e. The second-order valence-corrected chi connectivity index (χ2v) is 5.70. The second-order valence-electron chi connectivity index (χ2n) is 5.70. The zero-order chi connectivity index (χ0) is 18.2. The highest BCUT2D eigenvalue weighted by molar-refractivity contribution is 5.97. The third-order valence-electron chi connectivity index (χ3n) is 3.99. The first-order chi connectivity index (χ1) is 12.1. The van der Waals surface area contributed by atoms with Gasteiger partial charge >= 0.3 is 0 Å². The van der Waals surface area contributed by atoms with Gasteiger partial charge in [0.1, 0.15) is 5.82 Å². The predicted octanol–water partition coefficient (Wildman–Crippen LogP) is 3.59. The Morgan fingerprint density at radius 1 is 1.28 bits per heavy atom. The Bertz CT molecular complexity index is 746. The van der Waals surface area contributed by atoms with Crippen LogP contribution in [-0.2, 0) is 0 Å². The minimum absolute atomic E-state index is 0.114. The minimum Gasteiger partial charge on any atom is -0.395 e. The Hall–Kier alpha value is -2.66. The number of carbonyl (C=O) groups is 1. The molecule has 5 heteroatoms. The summed E-state index contributed by atoms with van der Waals surface area (Å²) in [7, 11) is 0. The maximum atomic E-state index is 14.2. The van der Waals surface area contributed by atoms with Crippen molar-refractivity contribution in [1.82, 2.24) is 5.32 Å². The Morgan fingerprint density at radius 2 is 2.04 bits per heavy atom. The lowest BCUT2D eigenvalue weighted by Gasteiger charge is -2.22. The number of amides is 1. The number of halogens is 1. The van der Waals surface area contributed by atoms with Crippen LogP contribution >= 0.6 is 0 Å². The molecule has 0 heterocycles. The quantitative estimate of drug-likeness (QED) is 0.643. The Labute approximate surface area is 147 Å². The fourth-order valence-corrected chi connectivity index (χ4v) is 2.68. The molecule has 0 aliphatic carbocycles. The molecule has 0 saturated carbocycles. The van der Waals surface area contributed by atoms with E-state index >= 15 is 0 Å². The number of nitrogens with one attached hydrogen (secondary N) is 2. The van der Waals surface area contributed by atoms with E-state index < -0.39 is 0 Å². The van der Waals surface area contributed by atoms with Gasteiger partial charge in [-0.3, -0.25) is 4.79 Å². The molecule has 0 spiro atoms. The van der Waals surface area contributed by atoms with E-state index in [4.69, 9.17) is 5.11 Å². The normalized spacial score (nSPS) is 11.6. The van der Waals surface area contributed by atoms with Crippen molar-refractivity contribution in [3.05, 3.63) is 77.6 Å². The van der Waals surface area contributed by atoms with E-state index in [0.29, 0.717) is 17.5 Å². The van der Waals surface area contributed by atoms with Gasteiger partial charge in [0.25, 0.3) is 5.91 Å². The monoisotopic (exact) mass is 342 g/mol. The fraction of sp³-hybridized carbons (Fsp3) is 0.250. The van der Waals surface area contributed by atoms with Crippen molar-refractivity contribution in [2.24, 2.45) is 0 Å². The van der Waals surface area contributed by atoms with E-state index in [1.807, 2.05) is 13.0 Å². The lowest BCUT2D eigenvalue weighted by molar-refractivity contribution is 0.0944. The second kappa shape index (κ2) is 8.99. The Kier molecular flexibility index (Phi) is 6.71. The molecule has 0 aliphatic heterocycles. The van der Waals surface area contributed by atoms with Crippen LogP contribution in [0.3, 0.4) is 0 Å². The summed E-state index contributed by atoms with van der Waals surface area (Å²) in [6, 6.07) is 11.7. The van der Waals surface area contributed by atoms with Gasteiger partial charge in [0.05, 0.1) is 12.6 Å². The third-order valence-corrected chi connectivity index (χ3v) is 3.99. The van der Waals surface area contributed by atoms with E-state index in [1.54, 1.807) is 36.4 Å². The average Bonchev–Trinajstić information content (AvgIpc) is 2.61. The van der Waals surface area contributed by atoms with Gasteiger partial charge in [-0.25, -0.2) is 4.39 Å². The van der Waals surface area contributed by atoms with Gasteiger partial charge in [0, 0.05) is 23.4 Å². The molecule has 1 amide bonds.